The molecule has 5 nitrogen and oxygen atoms in total. The largest absolute Gasteiger partial charge is 0.416 e. The van der Waals surface area contributed by atoms with E-state index in [-0.39, 0.29) is 23.9 Å². The highest BCUT2D eigenvalue weighted by Crippen LogP contribution is 2.30. The molecule has 0 aromatic heterocycles. The molecule has 1 aromatic carbocycles. The van der Waals surface area contributed by atoms with Crippen molar-refractivity contribution in [3.8, 4) is 0 Å². The Hall–Kier alpha value is -2.16. The van der Waals surface area contributed by atoms with Crippen LogP contribution in [0.5, 0.6) is 0 Å². The van der Waals surface area contributed by atoms with E-state index in [2.05, 4.69) is 17.1 Å². The molecular formula is C22H29F4N3O2. The number of nitrogens with zero attached hydrogens (tertiary/aromatic N) is 2. The average Bonchev–Trinajstić information content (AvgIpc) is 2.71. The first kappa shape index (κ1) is 23.5. The van der Waals surface area contributed by atoms with Crippen molar-refractivity contribution in [1.29, 1.82) is 0 Å². The molecule has 172 valence electrons. The van der Waals surface area contributed by atoms with Crippen molar-refractivity contribution in [2.75, 3.05) is 39.3 Å². The average molecular weight is 443 g/mol. The second kappa shape index (κ2) is 9.97. The van der Waals surface area contributed by atoms with Gasteiger partial charge in [-0.05, 0) is 62.3 Å². The maximum absolute atomic E-state index is 13.5. The Bertz CT molecular complexity index is 791. The molecule has 2 fully saturated rings. The highest BCUT2D eigenvalue weighted by molar-refractivity contribution is 5.94. The van der Waals surface area contributed by atoms with Crippen LogP contribution in [-0.2, 0) is 11.0 Å². The van der Waals surface area contributed by atoms with E-state index in [4.69, 9.17) is 0 Å². The third-order valence-corrected chi connectivity index (χ3v) is 6.11. The SMILES string of the molecule is CC1CCCN(CC(=O)N2CCC(CNC(=O)c3cc(F)cc(C(F)(F)F)c3)CC2)C1. The Morgan fingerprint density at radius 2 is 1.81 bits per heavy atom. The molecule has 1 unspecified atom stereocenters. The number of benzene rings is 1. The Kier molecular flexibility index (Phi) is 7.56. The number of likely N-dealkylation sites (tertiary alicyclic amines) is 2. The first-order valence-electron chi connectivity index (χ1n) is 10.8. The maximum atomic E-state index is 13.5. The van der Waals surface area contributed by atoms with Gasteiger partial charge >= 0.3 is 6.18 Å². The van der Waals surface area contributed by atoms with Crippen LogP contribution in [0.3, 0.4) is 0 Å². The maximum Gasteiger partial charge on any atom is 0.416 e. The van der Waals surface area contributed by atoms with Crippen LogP contribution < -0.4 is 5.32 Å². The summed E-state index contributed by atoms with van der Waals surface area (Å²) in [6.45, 7) is 6.01. The first-order valence-corrected chi connectivity index (χ1v) is 10.8. The fourth-order valence-corrected chi connectivity index (χ4v) is 4.33. The number of alkyl halides is 3. The predicted octanol–water partition coefficient (Wildman–Crippen LogP) is 3.54. The van der Waals surface area contributed by atoms with Gasteiger partial charge in [0.1, 0.15) is 5.82 Å². The minimum Gasteiger partial charge on any atom is -0.352 e. The quantitative estimate of drug-likeness (QED) is 0.709. The highest BCUT2D eigenvalue weighted by Gasteiger charge is 2.32. The molecule has 9 heteroatoms. The molecule has 1 aromatic rings. The lowest BCUT2D eigenvalue weighted by molar-refractivity contribution is -0.138. The van der Waals surface area contributed by atoms with E-state index < -0.39 is 23.5 Å². The van der Waals surface area contributed by atoms with Crippen molar-refractivity contribution in [3.05, 3.63) is 35.1 Å². The molecule has 2 saturated heterocycles. The summed E-state index contributed by atoms with van der Waals surface area (Å²) in [7, 11) is 0. The van der Waals surface area contributed by atoms with Crippen molar-refractivity contribution >= 4 is 11.8 Å². The Labute approximate surface area is 179 Å². The van der Waals surface area contributed by atoms with Crippen molar-refractivity contribution in [1.82, 2.24) is 15.1 Å². The summed E-state index contributed by atoms with van der Waals surface area (Å²) in [5, 5.41) is 2.60. The van der Waals surface area contributed by atoms with E-state index in [1.807, 2.05) is 4.90 Å². The zero-order valence-corrected chi connectivity index (χ0v) is 17.7. The van der Waals surface area contributed by atoms with E-state index in [9.17, 15) is 27.2 Å². The van der Waals surface area contributed by atoms with E-state index in [0.717, 1.165) is 25.6 Å². The number of carbonyl (C=O) groups is 2. The summed E-state index contributed by atoms with van der Waals surface area (Å²) < 4.78 is 52.0. The molecule has 0 saturated carbocycles. The topological polar surface area (TPSA) is 52.7 Å². The van der Waals surface area contributed by atoms with Gasteiger partial charge in [-0.15, -0.1) is 0 Å². The van der Waals surface area contributed by atoms with Crippen LogP contribution in [0.25, 0.3) is 0 Å². The molecule has 31 heavy (non-hydrogen) atoms. The molecule has 1 N–H and O–H groups in total. The van der Waals surface area contributed by atoms with Crippen molar-refractivity contribution < 1.29 is 27.2 Å². The van der Waals surface area contributed by atoms with Gasteiger partial charge in [-0.3, -0.25) is 14.5 Å². The lowest BCUT2D eigenvalue weighted by Crippen LogP contribution is -2.47. The van der Waals surface area contributed by atoms with E-state index in [1.165, 1.54) is 6.42 Å². The zero-order valence-electron chi connectivity index (χ0n) is 17.7. The molecule has 1 atom stereocenters. The van der Waals surface area contributed by atoms with Gasteiger partial charge in [-0.1, -0.05) is 6.92 Å². The molecule has 0 aliphatic carbocycles. The smallest absolute Gasteiger partial charge is 0.352 e. The minimum atomic E-state index is -4.72. The van der Waals surface area contributed by atoms with Gasteiger partial charge in [0.25, 0.3) is 5.91 Å². The summed E-state index contributed by atoms with van der Waals surface area (Å²) in [6.07, 6.45) is -0.984. The van der Waals surface area contributed by atoms with Crippen LogP contribution in [0.1, 0.15) is 48.5 Å². The third-order valence-electron chi connectivity index (χ3n) is 6.11. The van der Waals surface area contributed by atoms with Gasteiger partial charge in [0.15, 0.2) is 0 Å². The summed E-state index contributed by atoms with van der Waals surface area (Å²) in [6, 6.07) is 1.82. The molecule has 0 bridgehead atoms. The molecular weight excluding hydrogens is 414 g/mol. The van der Waals surface area contributed by atoms with Crippen LogP contribution in [0.15, 0.2) is 18.2 Å². The number of nitrogens with one attached hydrogen (secondary N) is 1. The minimum absolute atomic E-state index is 0.121. The van der Waals surface area contributed by atoms with Gasteiger partial charge in [0, 0.05) is 31.7 Å². The molecule has 2 heterocycles. The van der Waals surface area contributed by atoms with E-state index in [0.29, 0.717) is 50.5 Å². The standard InChI is InChI=1S/C22H29F4N3O2/c1-15-3-2-6-28(13-15)14-20(30)29-7-4-16(5-8-29)12-27-21(31)17-9-18(22(24,25)26)11-19(23)10-17/h9-11,15-16H,2-8,12-14H2,1H3,(H,27,31). The molecule has 0 spiro atoms. The number of rotatable bonds is 5. The summed E-state index contributed by atoms with van der Waals surface area (Å²) in [5.41, 5.74) is -1.54. The van der Waals surface area contributed by atoms with E-state index in [1.54, 1.807) is 0 Å². The predicted molar refractivity (Wildman–Crippen MR) is 108 cm³/mol. The number of carbonyl (C=O) groups excluding carboxylic acids is 2. The first-order chi connectivity index (χ1) is 14.6. The van der Waals surface area contributed by atoms with Crippen molar-refractivity contribution in [2.45, 2.75) is 38.8 Å². The van der Waals surface area contributed by atoms with Gasteiger partial charge in [-0.2, -0.15) is 13.2 Å². The molecule has 2 amide bonds. The van der Waals surface area contributed by atoms with Gasteiger partial charge in [0.2, 0.25) is 5.91 Å². The second-order valence-electron chi connectivity index (χ2n) is 8.74. The van der Waals surface area contributed by atoms with Crippen LogP contribution in [0, 0.1) is 17.7 Å². The number of halogens is 4. The fraction of sp³-hybridized carbons (Fsp3) is 0.636. The monoisotopic (exact) mass is 443 g/mol. The van der Waals surface area contributed by atoms with Crippen LogP contribution in [-0.4, -0.2) is 60.9 Å². The molecule has 0 radical (unpaired) electrons. The lowest BCUT2D eigenvalue weighted by atomic mass is 9.96. The summed E-state index contributed by atoms with van der Waals surface area (Å²) >= 11 is 0. The molecule has 3 rings (SSSR count). The van der Waals surface area contributed by atoms with Gasteiger partial charge < -0.3 is 10.2 Å². The number of hydrogen-bond donors (Lipinski definition) is 1. The fourth-order valence-electron chi connectivity index (χ4n) is 4.33. The zero-order chi connectivity index (χ0) is 22.6. The highest BCUT2D eigenvalue weighted by atomic mass is 19.4. The van der Waals surface area contributed by atoms with Crippen LogP contribution >= 0.6 is 0 Å². The van der Waals surface area contributed by atoms with Crippen LogP contribution in [0.4, 0.5) is 17.6 Å². The summed E-state index contributed by atoms with van der Waals surface area (Å²) in [5.74, 6) is -0.978. The van der Waals surface area contributed by atoms with E-state index >= 15 is 0 Å². The Balaban J connectivity index is 1.44. The van der Waals surface area contributed by atoms with Gasteiger partial charge in [0.05, 0.1) is 12.1 Å². The Morgan fingerprint density at radius 3 is 2.45 bits per heavy atom. The lowest BCUT2D eigenvalue weighted by Gasteiger charge is -2.35. The molecule has 2 aliphatic heterocycles. The normalized spacial score (nSPS) is 21.2. The third kappa shape index (κ3) is 6.66. The van der Waals surface area contributed by atoms with Gasteiger partial charge in [-0.25, -0.2) is 4.39 Å². The Morgan fingerprint density at radius 1 is 1.10 bits per heavy atom. The molecule has 2 aliphatic rings. The van der Waals surface area contributed by atoms with Crippen LogP contribution in [0.2, 0.25) is 0 Å². The number of hydrogen-bond acceptors (Lipinski definition) is 3. The summed E-state index contributed by atoms with van der Waals surface area (Å²) in [4.78, 5) is 28.8. The van der Waals surface area contributed by atoms with Crippen molar-refractivity contribution in [2.24, 2.45) is 11.8 Å². The second-order valence-corrected chi connectivity index (χ2v) is 8.74. The number of amides is 2. The number of piperidine rings is 2. The van der Waals surface area contributed by atoms with Crippen molar-refractivity contribution in [3.63, 3.8) is 0 Å².